The van der Waals surface area contributed by atoms with Crippen LogP contribution < -0.4 is 16.0 Å². The van der Waals surface area contributed by atoms with Gasteiger partial charge >= 0.3 is 6.18 Å². The molecule has 2 aromatic carbocycles. The summed E-state index contributed by atoms with van der Waals surface area (Å²) in [6.45, 7) is 2.08. The van der Waals surface area contributed by atoms with E-state index in [4.69, 9.17) is 5.73 Å². The predicted octanol–water partition coefficient (Wildman–Crippen LogP) is 4.52. The number of halogens is 3. The highest BCUT2D eigenvalue weighted by atomic mass is 19.4. The minimum Gasteiger partial charge on any atom is -0.372 e. The fourth-order valence-corrected chi connectivity index (χ4v) is 3.85. The smallest absolute Gasteiger partial charge is 0.372 e. The van der Waals surface area contributed by atoms with Gasteiger partial charge in [-0.25, -0.2) is 0 Å². The van der Waals surface area contributed by atoms with E-state index >= 15 is 0 Å². The van der Waals surface area contributed by atoms with Crippen LogP contribution in [-0.2, 0) is 6.54 Å². The fourth-order valence-electron chi connectivity index (χ4n) is 3.85. The highest BCUT2D eigenvalue weighted by molar-refractivity contribution is 5.83. The molecule has 0 spiro atoms. The zero-order chi connectivity index (χ0) is 20.4. The van der Waals surface area contributed by atoms with Crippen LogP contribution in [0.4, 0.5) is 30.2 Å². The average Bonchev–Trinajstić information content (AvgIpc) is 3.10. The zero-order valence-corrected chi connectivity index (χ0v) is 16.0. The fraction of sp³-hybridized carbons (Fsp3) is 0.381. The van der Waals surface area contributed by atoms with Crippen molar-refractivity contribution in [2.75, 3.05) is 29.9 Å². The van der Waals surface area contributed by atoms with Crippen LogP contribution in [0.1, 0.15) is 12.8 Å². The largest absolute Gasteiger partial charge is 0.391 e. The number of alkyl halides is 3. The summed E-state index contributed by atoms with van der Waals surface area (Å²) in [7, 11) is 0. The van der Waals surface area contributed by atoms with Crippen molar-refractivity contribution in [3.63, 3.8) is 0 Å². The van der Waals surface area contributed by atoms with E-state index in [1.165, 1.54) is 0 Å². The van der Waals surface area contributed by atoms with Crippen LogP contribution in [0.2, 0.25) is 0 Å². The normalized spacial score (nSPS) is 15.8. The number of nitrogens with two attached hydrogens (primary N) is 1. The number of anilines is 3. The van der Waals surface area contributed by atoms with Crippen molar-refractivity contribution in [2.45, 2.75) is 25.6 Å². The van der Waals surface area contributed by atoms with Gasteiger partial charge in [-0.1, -0.05) is 0 Å². The maximum atomic E-state index is 12.8. The third-order valence-corrected chi connectivity index (χ3v) is 5.46. The van der Waals surface area contributed by atoms with Crippen LogP contribution in [0, 0.1) is 5.92 Å². The van der Waals surface area contributed by atoms with Gasteiger partial charge in [-0.15, -0.1) is 0 Å². The van der Waals surface area contributed by atoms with Crippen molar-refractivity contribution in [1.29, 1.82) is 0 Å². The molecule has 2 heterocycles. The summed E-state index contributed by atoms with van der Waals surface area (Å²) >= 11 is 0. The number of benzene rings is 2. The molecule has 29 heavy (non-hydrogen) atoms. The van der Waals surface area contributed by atoms with Crippen molar-refractivity contribution in [1.82, 2.24) is 9.78 Å². The van der Waals surface area contributed by atoms with E-state index in [-0.39, 0.29) is 12.8 Å². The lowest BCUT2D eigenvalue weighted by Crippen LogP contribution is -2.38. The van der Waals surface area contributed by atoms with Crippen molar-refractivity contribution in [2.24, 2.45) is 11.7 Å². The van der Waals surface area contributed by atoms with Crippen LogP contribution in [0.15, 0.2) is 48.7 Å². The number of fused-ring (bicyclic) bond motifs is 1. The third kappa shape index (κ3) is 4.32. The van der Waals surface area contributed by atoms with Crippen LogP contribution in [0.5, 0.6) is 0 Å². The van der Waals surface area contributed by atoms with E-state index in [1.807, 2.05) is 58.2 Å². The van der Waals surface area contributed by atoms with Gasteiger partial charge in [0.1, 0.15) is 0 Å². The first-order chi connectivity index (χ1) is 13.9. The third-order valence-electron chi connectivity index (χ3n) is 5.46. The molecule has 1 fully saturated rings. The summed E-state index contributed by atoms with van der Waals surface area (Å²) in [5.41, 5.74) is 9.47. The molecule has 4 rings (SSSR count). The van der Waals surface area contributed by atoms with Crippen LogP contribution in [0.3, 0.4) is 0 Å². The van der Waals surface area contributed by atoms with E-state index in [1.54, 1.807) is 0 Å². The van der Waals surface area contributed by atoms with Crippen molar-refractivity contribution < 1.29 is 13.2 Å². The van der Waals surface area contributed by atoms with E-state index < -0.39 is 12.1 Å². The molecule has 1 saturated heterocycles. The second kappa shape index (κ2) is 7.94. The molecule has 0 unspecified atom stereocenters. The number of rotatable bonds is 5. The molecule has 0 aliphatic carbocycles. The standard InChI is InChI=1S/C21H24F3N5/c22-21(23,24)16-7-10-28(11-8-16)19-4-1-17(2-5-19)27-18-3-6-20-15(13-18)14-26-29(20)12-9-25/h1-6,13-14,16,27H,7-12,25H2. The van der Waals surface area contributed by atoms with Crippen molar-refractivity contribution in [3.8, 4) is 0 Å². The number of hydrogen-bond acceptors (Lipinski definition) is 4. The molecule has 0 radical (unpaired) electrons. The molecule has 0 bridgehead atoms. The van der Waals surface area contributed by atoms with Gasteiger partial charge < -0.3 is 16.0 Å². The predicted molar refractivity (Wildman–Crippen MR) is 110 cm³/mol. The Kier molecular flexibility index (Phi) is 5.36. The maximum Gasteiger partial charge on any atom is 0.391 e. The number of nitrogens with zero attached hydrogens (tertiary/aromatic N) is 3. The molecule has 154 valence electrons. The second-order valence-electron chi connectivity index (χ2n) is 7.40. The van der Waals surface area contributed by atoms with Crippen LogP contribution in [0.25, 0.3) is 10.9 Å². The number of piperidine rings is 1. The van der Waals surface area contributed by atoms with Crippen LogP contribution in [-0.4, -0.2) is 35.6 Å². The Balaban J connectivity index is 1.40. The van der Waals surface area contributed by atoms with Gasteiger partial charge in [-0.2, -0.15) is 18.3 Å². The van der Waals surface area contributed by atoms with E-state index in [9.17, 15) is 13.2 Å². The first kappa shape index (κ1) is 19.6. The van der Waals surface area contributed by atoms with Crippen molar-refractivity contribution in [3.05, 3.63) is 48.7 Å². The molecular weight excluding hydrogens is 379 g/mol. The van der Waals surface area contributed by atoms with Gasteiger partial charge in [0.05, 0.1) is 24.2 Å². The molecule has 1 aliphatic rings. The second-order valence-corrected chi connectivity index (χ2v) is 7.40. The summed E-state index contributed by atoms with van der Waals surface area (Å²) in [5.74, 6) is -1.18. The molecule has 0 atom stereocenters. The first-order valence-electron chi connectivity index (χ1n) is 9.78. The lowest BCUT2D eigenvalue weighted by atomic mass is 9.96. The van der Waals surface area contributed by atoms with Gasteiger partial charge in [0, 0.05) is 42.1 Å². The van der Waals surface area contributed by atoms with Gasteiger partial charge in [0.15, 0.2) is 0 Å². The average molecular weight is 403 g/mol. The molecular formula is C21H24F3N5. The molecule has 3 N–H and O–H groups in total. The zero-order valence-electron chi connectivity index (χ0n) is 16.0. The number of nitrogens with one attached hydrogen (secondary N) is 1. The minimum absolute atomic E-state index is 0.154. The Morgan fingerprint density at radius 1 is 1.03 bits per heavy atom. The van der Waals surface area contributed by atoms with E-state index in [0.29, 0.717) is 26.2 Å². The summed E-state index contributed by atoms with van der Waals surface area (Å²) in [5, 5.41) is 8.75. The molecule has 0 saturated carbocycles. The Labute approximate surface area is 167 Å². The van der Waals surface area contributed by atoms with E-state index in [2.05, 4.69) is 10.4 Å². The lowest BCUT2D eigenvalue weighted by molar-refractivity contribution is -0.179. The molecule has 3 aromatic rings. The molecule has 1 aliphatic heterocycles. The van der Waals surface area contributed by atoms with Crippen molar-refractivity contribution >= 4 is 28.0 Å². The maximum absolute atomic E-state index is 12.8. The van der Waals surface area contributed by atoms with Crippen LogP contribution >= 0.6 is 0 Å². The lowest BCUT2D eigenvalue weighted by Gasteiger charge is -2.34. The monoisotopic (exact) mass is 403 g/mol. The number of hydrogen-bond donors (Lipinski definition) is 2. The van der Waals surface area contributed by atoms with E-state index in [0.717, 1.165) is 28.0 Å². The Hall–Kier alpha value is -2.74. The summed E-state index contributed by atoms with van der Waals surface area (Å²) < 4.78 is 40.4. The minimum atomic E-state index is -4.08. The highest BCUT2D eigenvalue weighted by Gasteiger charge is 2.41. The topological polar surface area (TPSA) is 59.1 Å². The molecule has 1 aromatic heterocycles. The van der Waals surface area contributed by atoms with Gasteiger partial charge in [-0.05, 0) is 55.3 Å². The summed E-state index contributed by atoms with van der Waals surface area (Å²) in [4.78, 5) is 2.02. The highest BCUT2D eigenvalue weighted by Crippen LogP contribution is 2.35. The number of aromatic nitrogens is 2. The Morgan fingerprint density at radius 3 is 2.38 bits per heavy atom. The first-order valence-corrected chi connectivity index (χ1v) is 9.78. The molecule has 5 nitrogen and oxygen atoms in total. The molecule has 8 heteroatoms. The van der Waals surface area contributed by atoms with Gasteiger partial charge in [-0.3, -0.25) is 4.68 Å². The van der Waals surface area contributed by atoms with Gasteiger partial charge in [0.2, 0.25) is 0 Å². The molecule has 0 amide bonds. The quantitative estimate of drug-likeness (QED) is 0.658. The van der Waals surface area contributed by atoms with Gasteiger partial charge in [0.25, 0.3) is 0 Å². The Morgan fingerprint density at radius 2 is 1.72 bits per heavy atom. The Bertz CT molecular complexity index is 957. The summed E-state index contributed by atoms with van der Waals surface area (Å²) in [6.07, 6.45) is -1.95. The summed E-state index contributed by atoms with van der Waals surface area (Å²) in [6, 6.07) is 13.8. The SMILES string of the molecule is NCCn1ncc2cc(Nc3ccc(N4CCC(C(F)(F)F)CC4)cc3)ccc21.